The SMILES string of the molecule is BC(Oc1cccc2c1CN(C1CCC(=O)NC1=O)C2=O)c1ccc(C(B)N2CCOCC2=O)cc1. The number of nitrogens with one attached hydrogen (secondary N) is 1. The largest absolute Gasteiger partial charge is 0.495 e. The number of fused-ring (bicyclic) bond motifs is 1. The third-order valence-electron chi connectivity index (χ3n) is 7.22. The lowest BCUT2D eigenvalue weighted by atomic mass is 9.84. The number of ether oxygens (including phenoxy) is 2. The first-order valence-corrected chi connectivity index (χ1v) is 12.2. The number of imide groups is 1. The number of carbonyl (C=O) groups excluding carboxylic acids is 4. The number of amides is 4. The molecule has 1 N–H and O–H groups in total. The van der Waals surface area contributed by atoms with E-state index in [1.54, 1.807) is 12.1 Å². The molecule has 184 valence electrons. The number of morpholine rings is 1. The van der Waals surface area contributed by atoms with Gasteiger partial charge in [0, 0.05) is 30.0 Å². The summed E-state index contributed by atoms with van der Waals surface area (Å²) in [5.41, 5.74) is 3.26. The van der Waals surface area contributed by atoms with Crippen LogP contribution in [0.15, 0.2) is 42.5 Å². The van der Waals surface area contributed by atoms with Crippen LogP contribution in [0.3, 0.4) is 0 Å². The fourth-order valence-electron chi connectivity index (χ4n) is 5.09. The van der Waals surface area contributed by atoms with Crippen molar-refractivity contribution in [2.24, 2.45) is 0 Å². The molecule has 0 aliphatic carbocycles. The lowest BCUT2D eigenvalue weighted by molar-refractivity contribution is -0.143. The van der Waals surface area contributed by atoms with E-state index in [4.69, 9.17) is 9.47 Å². The van der Waals surface area contributed by atoms with Gasteiger partial charge in [0.2, 0.25) is 17.7 Å². The maximum Gasteiger partial charge on any atom is 0.255 e. The highest BCUT2D eigenvalue weighted by molar-refractivity contribution is 6.13. The molecular weight excluding hydrogens is 460 g/mol. The summed E-state index contributed by atoms with van der Waals surface area (Å²) in [6.07, 6.45) is 0.531. The zero-order valence-corrected chi connectivity index (χ0v) is 20.4. The molecule has 2 fully saturated rings. The van der Waals surface area contributed by atoms with Crippen molar-refractivity contribution in [3.05, 3.63) is 64.7 Å². The monoisotopic (exact) mass is 487 g/mol. The molecule has 4 amide bonds. The third-order valence-corrected chi connectivity index (χ3v) is 7.22. The van der Waals surface area contributed by atoms with Gasteiger partial charge in [-0.2, -0.15) is 0 Å². The summed E-state index contributed by atoms with van der Waals surface area (Å²) in [6.45, 7) is 1.50. The smallest absolute Gasteiger partial charge is 0.255 e. The van der Waals surface area contributed by atoms with Gasteiger partial charge in [0.1, 0.15) is 26.2 Å². The molecule has 2 aromatic carbocycles. The molecule has 0 aromatic heterocycles. The molecule has 36 heavy (non-hydrogen) atoms. The van der Waals surface area contributed by atoms with Crippen LogP contribution < -0.4 is 10.1 Å². The molecule has 3 unspecified atom stereocenters. The topological polar surface area (TPSA) is 105 Å². The quantitative estimate of drug-likeness (QED) is 0.442. The molecule has 5 rings (SSSR count). The number of benzene rings is 2. The third kappa shape index (κ3) is 4.51. The molecule has 0 radical (unpaired) electrons. The summed E-state index contributed by atoms with van der Waals surface area (Å²) in [5, 5.41) is 2.33. The summed E-state index contributed by atoms with van der Waals surface area (Å²) in [5.74, 6) is -0.429. The van der Waals surface area contributed by atoms with E-state index < -0.39 is 11.9 Å². The van der Waals surface area contributed by atoms with Gasteiger partial charge >= 0.3 is 0 Å². The van der Waals surface area contributed by atoms with Gasteiger partial charge in [-0.05, 0) is 29.7 Å². The Kier molecular flexibility index (Phi) is 6.57. The molecule has 3 aliphatic heterocycles. The van der Waals surface area contributed by atoms with Crippen LogP contribution in [0.2, 0.25) is 0 Å². The number of hydrogen-bond donors (Lipinski definition) is 1. The van der Waals surface area contributed by atoms with E-state index in [2.05, 4.69) is 5.32 Å². The molecule has 0 saturated carbocycles. The van der Waals surface area contributed by atoms with Crippen molar-refractivity contribution in [2.75, 3.05) is 19.8 Å². The normalized spacial score (nSPS) is 21.7. The Hall–Kier alpha value is -3.59. The van der Waals surface area contributed by atoms with Crippen LogP contribution in [0.4, 0.5) is 0 Å². The summed E-state index contributed by atoms with van der Waals surface area (Å²) in [4.78, 5) is 52.4. The molecule has 9 nitrogen and oxygen atoms in total. The molecule has 2 saturated heterocycles. The first-order chi connectivity index (χ1) is 17.3. The van der Waals surface area contributed by atoms with Crippen molar-refractivity contribution < 1.29 is 28.7 Å². The van der Waals surface area contributed by atoms with E-state index >= 15 is 0 Å². The lowest BCUT2D eigenvalue weighted by Crippen LogP contribution is -2.52. The molecule has 3 aliphatic rings. The Bertz CT molecular complexity index is 1220. The maximum atomic E-state index is 13.1. The van der Waals surface area contributed by atoms with Gasteiger partial charge in [-0.15, -0.1) is 0 Å². The Balaban J connectivity index is 1.29. The summed E-state index contributed by atoms with van der Waals surface area (Å²) >= 11 is 0. The van der Waals surface area contributed by atoms with E-state index in [1.807, 2.05) is 50.9 Å². The number of nitrogens with zero attached hydrogens (tertiary/aromatic N) is 2. The zero-order valence-electron chi connectivity index (χ0n) is 20.4. The molecular formula is C25H27B2N3O6. The van der Waals surface area contributed by atoms with E-state index in [1.165, 1.54) is 4.90 Å². The van der Waals surface area contributed by atoms with Gasteiger partial charge < -0.3 is 19.3 Å². The minimum Gasteiger partial charge on any atom is -0.495 e. The molecule has 3 heterocycles. The second-order valence-corrected chi connectivity index (χ2v) is 9.42. The minimum atomic E-state index is -0.666. The van der Waals surface area contributed by atoms with Crippen molar-refractivity contribution in [2.45, 2.75) is 37.4 Å². The lowest BCUT2D eigenvalue weighted by Gasteiger charge is -2.33. The second-order valence-electron chi connectivity index (χ2n) is 9.42. The van der Waals surface area contributed by atoms with Crippen molar-refractivity contribution in [3.8, 4) is 5.75 Å². The van der Waals surface area contributed by atoms with Crippen LogP contribution >= 0.6 is 0 Å². The molecule has 3 atom stereocenters. The fourth-order valence-corrected chi connectivity index (χ4v) is 5.09. The maximum absolute atomic E-state index is 13.1. The van der Waals surface area contributed by atoms with Crippen molar-refractivity contribution in [3.63, 3.8) is 0 Å². The van der Waals surface area contributed by atoms with E-state index in [0.29, 0.717) is 30.9 Å². The van der Waals surface area contributed by atoms with Crippen LogP contribution in [0.25, 0.3) is 0 Å². The number of hydrogen-bond acceptors (Lipinski definition) is 6. The Morgan fingerprint density at radius 1 is 1.03 bits per heavy atom. The predicted octanol–water partition coefficient (Wildman–Crippen LogP) is -0.351. The Morgan fingerprint density at radius 3 is 2.50 bits per heavy atom. The summed E-state index contributed by atoms with van der Waals surface area (Å²) in [7, 11) is 3.95. The molecule has 11 heteroatoms. The standard InChI is InChI=1S/C25H27B2N3O6/c26-22(29-10-11-35-13-21(29)32)14-4-6-15(7-5-14)23(27)36-19-3-1-2-16-17(19)12-30(25(16)34)18-8-9-20(31)28-24(18)33/h1-7,18,22-23H,8-13,26-27H2,(H,28,31,33). The van der Waals surface area contributed by atoms with Crippen LogP contribution in [0, 0.1) is 0 Å². The molecule has 0 spiro atoms. The van der Waals surface area contributed by atoms with Gasteiger partial charge in [-0.25, -0.2) is 0 Å². The van der Waals surface area contributed by atoms with Crippen LogP contribution in [-0.2, 0) is 25.7 Å². The zero-order chi connectivity index (χ0) is 25.4. The van der Waals surface area contributed by atoms with Crippen molar-refractivity contribution >= 4 is 39.3 Å². The summed E-state index contributed by atoms with van der Waals surface area (Å²) in [6, 6.07) is 12.4. The highest BCUT2D eigenvalue weighted by atomic mass is 16.5. The first-order valence-electron chi connectivity index (χ1n) is 12.2. The predicted molar refractivity (Wildman–Crippen MR) is 135 cm³/mol. The average molecular weight is 487 g/mol. The van der Waals surface area contributed by atoms with Gasteiger partial charge in [-0.3, -0.25) is 24.5 Å². The van der Waals surface area contributed by atoms with Crippen LogP contribution in [-0.4, -0.2) is 74.9 Å². The van der Waals surface area contributed by atoms with Crippen molar-refractivity contribution in [1.82, 2.24) is 15.1 Å². The van der Waals surface area contributed by atoms with Gasteiger partial charge in [0.25, 0.3) is 5.91 Å². The molecule has 0 bridgehead atoms. The average Bonchev–Trinajstić information content (AvgIpc) is 3.21. The van der Waals surface area contributed by atoms with Gasteiger partial charge in [-0.1, -0.05) is 30.3 Å². The minimum absolute atomic E-state index is 0.00615. The number of piperidine rings is 1. The van der Waals surface area contributed by atoms with Crippen LogP contribution in [0.5, 0.6) is 5.75 Å². The Labute approximate surface area is 210 Å². The number of rotatable bonds is 6. The number of carbonyl (C=O) groups is 4. The van der Waals surface area contributed by atoms with E-state index in [9.17, 15) is 19.2 Å². The summed E-state index contributed by atoms with van der Waals surface area (Å²) < 4.78 is 11.5. The molecule has 2 aromatic rings. The van der Waals surface area contributed by atoms with Gasteiger partial charge in [0.05, 0.1) is 19.2 Å². The van der Waals surface area contributed by atoms with Crippen molar-refractivity contribution in [1.29, 1.82) is 0 Å². The first kappa shape index (κ1) is 24.1. The highest BCUT2D eigenvalue weighted by Gasteiger charge is 2.40. The van der Waals surface area contributed by atoms with Gasteiger partial charge in [0.15, 0.2) is 7.85 Å². The second kappa shape index (κ2) is 9.81. The van der Waals surface area contributed by atoms with Crippen LogP contribution in [0.1, 0.15) is 51.8 Å². The van der Waals surface area contributed by atoms with E-state index in [-0.39, 0.29) is 49.2 Å². The van der Waals surface area contributed by atoms with E-state index in [0.717, 1.165) is 16.7 Å². The fraction of sp³-hybridized carbons (Fsp3) is 0.360. The Morgan fingerprint density at radius 2 is 1.78 bits per heavy atom. The highest BCUT2D eigenvalue weighted by Crippen LogP contribution is 2.35.